The first-order valence-corrected chi connectivity index (χ1v) is 6.65. The van der Waals surface area contributed by atoms with Crippen molar-refractivity contribution in [1.29, 1.82) is 0 Å². The molecule has 0 bridgehead atoms. The Morgan fingerprint density at radius 2 is 1.95 bits per heavy atom. The van der Waals surface area contributed by atoms with Gasteiger partial charge in [-0.05, 0) is 29.5 Å². The van der Waals surface area contributed by atoms with Gasteiger partial charge in [0.25, 0.3) is 5.91 Å². The molecule has 1 amide bonds. The highest BCUT2D eigenvalue weighted by Gasteiger charge is 2.16. The van der Waals surface area contributed by atoms with Crippen molar-refractivity contribution in [1.82, 2.24) is 5.32 Å². The highest BCUT2D eigenvalue weighted by atomic mass is 16.5. The lowest BCUT2D eigenvalue weighted by Gasteiger charge is -2.22. The molecule has 1 aromatic carbocycles. The minimum atomic E-state index is -0.0931. The summed E-state index contributed by atoms with van der Waals surface area (Å²) in [6, 6.07) is 7.44. The van der Waals surface area contributed by atoms with E-state index in [2.05, 4.69) is 26.1 Å². The quantitative estimate of drug-likeness (QED) is 0.792. The van der Waals surface area contributed by atoms with Gasteiger partial charge in [-0.25, -0.2) is 0 Å². The average molecular weight is 264 g/mol. The summed E-state index contributed by atoms with van der Waals surface area (Å²) in [5, 5.41) is 2.88. The number of carbonyl (C=O) groups is 1. The van der Waals surface area contributed by atoms with E-state index in [1.165, 1.54) is 0 Å². The van der Waals surface area contributed by atoms with Crippen LogP contribution in [0.3, 0.4) is 0 Å². The van der Waals surface area contributed by atoms with Gasteiger partial charge in [0.15, 0.2) is 6.61 Å². The van der Waals surface area contributed by atoms with Gasteiger partial charge < -0.3 is 15.8 Å². The van der Waals surface area contributed by atoms with E-state index in [-0.39, 0.29) is 17.9 Å². The second kappa shape index (κ2) is 7.14. The number of nitrogens with two attached hydrogens (primary N) is 1. The van der Waals surface area contributed by atoms with E-state index in [0.717, 1.165) is 12.0 Å². The van der Waals surface area contributed by atoms with Crippen molar-refractivity contribution >= 4 is 5.91 Å². The molecular formula is C15H24N2O2. The number of benzene rings is 1. The Labute approximate surface area is 115 Å². The first kappa shape index (κ1) is 15.5. The normalized spacial score (nSPS) is 11.2. The first-order valence-electron chi connectivity index (χ1n) is 6.65. The fourth-order valence-electron chi connectivity index (χ4n) is 1.38. The molecule has 0 aliphatic rings. The summed E-state index contributed by atoms with van der Waals surface area (Å²) in [5.74, 6) is 0.589. The van der Waals surface area contributed by atoms with Crippen LogP contribution in [0.15, 0.2) is 24.3 Å². The van der Waals surface area contributed by atoms with Crippen LogP contribution >= 0.6 is 0 Å². The lowest BCUT2D eigenvalue weighted by atomic mass is 9.90. The highest BCUT2D eigenvalue weighted by Crippen LogP contribution is 2.17. The number of rotatable bonds is 7. The van der Waals surface area contributed by atoms with Crippen molar-refractivity contribution < 1.29 is 9.53 Å². The van der Waals surface area contributed by atoms with Gasteiger partial charge in [-0.15, -0.1) is 0 Å². The Kier molecular flexibility index (Phi) is 5.83. The van der Waals surface area contributed by atoms with Crippen molar-refractivity contribution in [2.75, 3.05) is 13.2 Å². The molecule has 0 heterocycles. The fraction of sp³-hybridized carbons (Fsp3) is 0.533. The van der Waals surface area contributed by atoms with Crippen LogP contribution in [-0.2, 0) is 11.3 Å². The van der Waals surface area contributed by atoms with Gasteiger partial charge in [0, 0.05) is 13.1 Å². The fourth-order valence-corrected chi connectivity index (χ4v) is 1.38. The number of carbonyl (C=O) groups excluding carboxylic acids is 1. The summed E-state index contributed by atoms with van der Waals surface area (Å²) in [5.41, 5.74) is 6.68. The maximum absolute atomic E-state index is 11.6. The number of nitrogens with one attached hydrogen (secondary N) is 1. The highest BCUT2D eigenvalue weighted by molar-refractivity contribution is 5.77. The Morgan fingerprint density at radius 1 is 1.32 bits per heavy atom. The predicted molar refractivity (Wildman–Crippen MR) is 76.9 cm³/mol. The summed E-state index contributed by atoms with van der Waals surface area (Å²) in [4.78, 5) is 11.6. The molecule has 3 N–H and O–H groups in total. The van der Waals surface area contributed by atoms with Gasteiger partial charge in [-0.3, -0.25) is 4.79 Å². The van der Waals surface area contributed by atoms with Crippen LogP contribution in [0.5, 0.6) is 5.75 Å². The van der Waals surface area contributed by atoms with E-state index in [1.807, 2.05) is 24.3 Å². The third kappa shape index (κ3) is 5.75. The van der Waals surface area contributed by atoms with Crippen molar-refractivity contribution in [2.24, 2.45) is 11.1 Å². The van der Waals surface area contributed by atoms with E-state index >= 15 is 0 Å². The summed E-state index contributed by atoms with van der Waals surface area (Å²) >= 11 is 0. The molecule has 0 atom stereocenters. The minimum Gasteiger partial charge on any atom is -0.484 e. The summed E-state index contributed by atoms with van der Waals surface area (Å²) < 4.78 is 5.41. The monoisotopic (exact) mass is 264 g/mol. The third-order valence-electron chi connectivity index (χ3n) is 3.25. The SMILES string of the molecule is CCC(C)(C)CNC(=O)COc1ccc(CN)cc1. The standard InChI is InChI=1S/C15H24N2O2/c1-4-15(2,3)11-17-14(18)10-19-13-7-5-12(9-16)6-8-13/h5-8H,4,9-11,16H2,1-3H3,(H,17,18). The first-order chi connectivity index (χ1) is 8.96. The zero-order valence-electron chi connectivity index (χ0n) is 12.0. The predicted octanol–water partition coefficient (Wildman–Crippen LogP) is 2.08. The molecular weight excluding hydrogens is 240 g/mol. The Morgan fingerprint density at radius 3 is 2.47 bits per heavy atom. The molecule has 0 unspecified atom stereocenters. The lowest BCUT2D eigenvalue weighted by Crippen LogP contribution is -2.36. The topological polar surface area (TPSA) is 64.3 Å². The molecule has 4 heteroatoms. The number of ether oxygens (including phenoxy) is 1. The number of hydrogen-bond donors (Lipinski definition) is 2. The summed E-state index contributed by atoms with van der Waals surface area (Å²) in [7, 11) is 0. The third-order valence-corrected chi connectivity index (χ3v) is 3.25. The summed E-state index contributed by atoms with van der Waals surface area (Å²) in [6.07, 6.45) is 1.02. The van der Waals surface area contributed by atoms with Gasteiger partial charge in [0.05, 0.1) is 0 Å². The molecule has 19 heavy (non-hydrogen) atoms. The second-order valence-electron chi connectivity index (χ2n) is 5.43. The van der Waals surface area contributed by atoms with E-state index in [0.29, 0.717) is 18.8 Å². The van der Waals surface area contributed by atoms with Crippen molar-refractivity contribution in [2.45, 2.75) is 33.7 Å². The molecule has 106 valence electrons. The molecule has 0 aromatic heterocycles. The molecule has 0 fully saturated rings. The van der Waals surface area contributed by atoms with Gasteiger partial charge in [-0.2, -0.15) is 0 Å². The molecule has 0 aliphatic heterocycles. The van der Waals surface area contributed by atoms with Gasteiger partial charge in [0.2, 0.25) is 0 Å². The second-order valence-corrected chi connectivity index (χ2v) is 5.43. The smallest absolute Gasteiger partial charge is 0.257 e. The van der Waals surface area contributed by atoms with Crippen LogP contribution in [0.2, 0.25) is 0 Å². The Balaban J connectivity index is 2.33. The summed E-state index contributed by atoms with van der Waals surface area (Å²) in [6.45, 7) is 7.58. The van der Waals surface area contributed by atoms with E-state index in [9.17, 15) is 4.79 Å². The van der Waals surface area contributed by atoms with E-state index in [4.69, 9.17) is 10.5 Å². The Hall–Kier alpha value is -1.55. The molecule has 0 radical (unpaired) electrons. The molecule has 0 saturated carbocycles. The van der Waals surface area contributed by atoms with Crippen molar-refractivity contribution in [3.8, 4) is 5.75 Å². The van der Waals surface area contributed by atoms with E-state index in [1.54, 1.807) is 0 Å². The van der Waals surface area contributed by atoms with Crippen LogP contribution in [0, 0.1) is 5.41 Å². The van der Waals surface area contributed by atoms with Gasteiger partial charge >= 0.3 is 0 Å². The molecule has 0 aliphatic carbocycles. The average Bonchev–Trinajstić information content (AvgIpc) is 2.43. The minimum absolute atomic E-state index is 0.0434. The molecule has 1 aromatic rings. The molecule has 0 saturated heterocycles. The van der Waals surface area contributed by atoms with Crippen LogP contribution in [0.1, 0.15) is 32.8 Å². The van der Waals surface area contributed by atoms with Crippen LogP contribution in [-0.4, -0.2) is 19.1 Å². The molecule has 1 rings (SSSR count). The van der Waals surface area contributed by atoms with Crippen LogP contribution in [0.4, 0.5) is 0 Å². The lowest BCUT2D eigenvalue weighted by molar-refractivity contribution is -0.123. The maximum atomic E-state index is 11.6. The number of amides is 1. The number of hydrogen-bond acceptors (Lipinski definition) is 3. The van der Waals surface area contributed by atoms with Gasteiger partial charge in [-0.1, -0.05) is 32.9 Å². The van der Waals surface area contributed by atoms with Crippen LogP contribution < -0.4 is 15.8 Å². The largest absolute Gasteiger partial charge is 0.484 e. The zero-order valence-corrected chi connectivity index (χ0v) is 12.0. The molecule has 0 spiro atoms. The van der Waals surface area contributed by atoms with Crippen LogP contribution in [0.25, 0.3) is 0 Å². The van der Waals surface area contributed by atoms with Gasteiger partial charge in [0.1, 0.15) is 5.75 Å². The van der Waals surface area contributed by atoms with E-state index < -0.39 is 0 Å². The van der Waals surface area contributed by atoms with Crippen molar-refractivity contribution in [3.05, 3.63) is 29.8 Å². The Bertz CT molecular complexity index is 399. The maximum Gasteiger partial charge on any atom is 0.257 e. The zero-order chi connectivity index (χ0) is 14.3. The van der Waals surface area contributed by atoms with Crippen molar-refractivity contribution in [3.63, 3.8) is 0 Å². The molecule has 4 nitrogen and oxygen atoms in total.